The van der Waals surface area contributed by atoms with Gasteiger partial charge < -0.3 is 9.68 Å². The molecule has 1 aromatic heterocycles. The fourth-order valence-corrected chi connectivity index (χ4v) is 0.770. The Kier molecular flexibility index (Phi) is 3.02. The van der Waals surface area contributed by atoms with Crippen LogP contribution in [0, 0.1) is 0 Å². The summed E-state index contributed by atoms with van der Waals surface area (Å²) in [5, 5.41) is 3.32. The molecule has 0 amide bonds. The van der Waals surface area contributed by atoms with E-state index in [1.54, 1.807) is 0 Å². The first-order chi connectivity index (χ1) is 6.29. The average molecular weight is 183 g/mol. The number of oxime groups is 1. The van der Waals surface area contributed by atoms with E-state index in [1.165, 1.54) is 31.3 Å². The van der Waals surface area contributed by atoms with E-state index < -0.39 is 0 Å². The van der Waals surface area contributed by atoms with E-state index in [-0.39, 0.29) is 11.6 Å². The minimum absolute atomic E-state index is 0.156. The summed E-state index contributed by atoms with van der Waals surface area (Å²) in [5.41, 5.74) is 0. The lowest BCUT2D eigenvalue weighted by Crippen LogP contribution is -2.15. The molecule has 0 unspecified atom stereocenters. The fourth-order valence-electron chi connectivity index (χ4n) is 0.770. The standard InChI is InChI=1S/C7H9N3O3/c1-12-9-5-6(11)7-8-3-4-10(7)13-2/h3-5H,1-2H3/b9-5+. The van der Waals surface area contributed by atoms with Crippen molar-refractivity contribution >= 4 is 12.0 Å². The van der Waals surface area contributed by atoms with Gasteiger partial charge in [-0.25, -0.2) is 4.98 Å². The van der Waals surface area contributed by atoms with Crippen LogP contribution < -0.4 is 4.84 Å². The van der Waals surface area contributed by atoms with Gasteiger partial charge in [-0.15, -0.1) is 0 Å². The molecule has 70 valence electrons. The van der Waals surface area contributed by atoms with Gasteiger partial charge >= 0.3 is 0 Å². The minimum atomic E-state index is -0.381. The Labute approximate surface area is 74.7 Å². The lowest BCUT2D eigenvalue weighted by Gasteiger charge is -2.00. The van der Waals surface area contributed by atoms with Crippen LogP contribution in [0.5, 0.6) is 0 Å². The van der Waals surface area contributed by atoms with E-state index in [9.17, 15) is 4.79 Å². The summed E-state index contributed by atoms with van der Waals surface area (Å²) in [4.78, 5) is 24.2. The molecule has 0 aromatic carbocycles. The maximum Gasteiger partial charge on any atom is 0.245 e. The second kappa shape index (κ2) is 4.24. The lowest BCUT2D eigenvalue weighted by atomic mass is 10.4. The van der Waals surface area contributed by atoms with Crippen LogP contribution in [0.3, 0.4) is 0 Å². The molecule has 6 heteroatoms. The van der Waals surface area contributed by atoms with Crippen molar-refractivity contribution in [1.29, 1.82) is 0 Å². The van der Waals surface area contributed by atoms with E-state index in [0.717, 1.165) is 6.21 Å². The van der Waals surface area contributed by atoms with Crippen LogP contribution in [0.4, 0.5) is 0 Å². The van der Waals surface area contributed by atoms with Crippen LogP contribution in [0.15, 0.2) is 17.5 Å². The van der Waals surface area contributed by atoms with Crippen molar-refractivity contribution in [2.24, 2.45) is 5.16 Å². The SMILES string of the molecule is CO/N=C/C(=O)c1nccn1OC. The minimum Gasteiger partial charge on any atom is -0.415 e. The monoisotopic (exact) mass is 183 g/mol. The highest BCUT2D eigenvalue weighted by Crippen LogP contribution is 1.94. The summed E-state index contributed by atoms with van der Waals surface area (Å²) in [6.45, 7) is 0. The molecule has 0 N–H and O–H groups in total. The van der Waals surface area contributed by atoms with Gasteiger partial charge in [0.05, 0.1) is 6.20 Å². The highest BCUT2D eigenvalue weighted by atomic mass is 16.6. The number of carbonyl (C=O) groups is 1. The number of carbonyl (C=O) groups excluding carboxylic acids is 1. The van der Waals surface area contributed by atoms with Gasteiger partial charge in [-0.05, 0) is 0 Å². The summed E-state index contributed by atoms with van der Waals surface area (Å²) in [6.07, 6.45) is 4.00. The number of rotatable bonds is 4. The lowest BCUT2D eigenvalue weighted by molar-refractivity contribution is 0.0994. The van der Waals surface area contributed by atoms with Crippen molar-refractivity contribution in [3.8, 4) is 0 Å². The van der Waals surface area contributed by atoms with Gasteiger partial charge in [-0.3, -0.25) is 4.79 Å². The van der Waals surface area contributed by atoms with E-state index in [1.807, 2.05) is 0 Å². The molecule has 0 bridgehead atoms. The third-order valence-corrected chi connectivity index (χ3v) is 1.30. The maximum absolute atomic E-state index is 11.3. The molecule has 0 aliphatic heterocycles. The quantitative estimate of drug-likeness (QED) is 0.367. The number of Topliss-reactive ketones (excluding diaryl/α,β-unsaturated/α-hetero) is 1. The van der Waals surface area contributed by atoms with E-state index in [0.29, 0.717) is 0 Å². The Morgan fingerprint density at radius 2 is 2.46 bits per heavy atom. The van der Waals surface area contributed by atoms with Gasteiger partial charge in [0.1, 0.15) is 20.4 Å². The molecule has 1 rings (SSSR count). The summed E-state index contributed by atoms with van der Waals surface area (Å²) < 4.78 is 1.24. The van der Waals surface area contributed by atoms with Crippen LogP contribution in [0.2, 0.25) is 0 Å². The molecule has 0 saturated heterocycles. The second-order valence-electron chi connectivity index (χ2n) is 2.04. The Morgan fingerprint density at radius 1 is 1.69 bits per heavy atom. The van der Waals surface area contributed by atoms with Gasteiger partial charge in [0, 0.05) is 6.20 Å². The smallest absolute Gasteiger partial charge is 0.245 e. The van der Waals surface area contributed by atoms with Crippen LogP contribution >= 0.6 is 0 Å². The summed E-state index contributed by atoms with van der Waals surface area (Å²) in [7, 11) is 2.79. The molecule has 0 radical (unpaired) electrons. The van der Waals surface area contributed by atoms with Crippen LogP contribution in [-0.4, -0.2) is 35.9 Å². The third kappa shape index (κ3) is 2.05. The number of hydrogen-bond donors (Lipinski definition) is 0. The van der Waals surface area contributed by atoms with Crippen LogP contribution in [0.25, 0.3) is 0 Å². The molecule has 1 heterocycles. The number of nitrogens with zero attached hydrogens (tertiary/aromatic N) is 3. The highest BCUT2D eigenvalue weighted by Gasteiger charge is 2.10. The summed E-state index contributed by atoms with van der Waals surface area (Å²) in [6, 6.07) is 0. The topological polar surface area (TPSA) is 65.7 Å². The van der Waals surface area contributed by atoms with Crippen LogP contribution in [-0.2, 0) is 4.84 Å². The fraction of sp³-hybridized carbons (Fsp3) is 0.286. The number of imidazole rings is 1. The van der Waals surface area contributed by atoms with Gasteiger partial charge in [0.25, 0.3) is 0 Å². The predicted octanol–water partition coefficient (Wildman–Crippen LogP) is -0.244. The number of ketones is 1. The predicted molar refractivity (Wildman–Crippen MR) is 44.6 cm³/mol. The Morgan fingerprint density at radius 3 is 3.08 bits per heavy atom. The van der Waals surface area contributed by atoms with Crippen molar-refractivity contribution in [2.75, 3.05) is 14.2 Å². The zero-order valence-corrected chi connectivity index (χ0v) is 7.30. The van der Waals surface area contributed by atoms with Gasteiger partial charge in [0.15, 0.2) is 0 Å². The molecular formula is C7H9N3O3. The second-order valence-corrected chi connectivity index (χ2v) is 2.04. The Bertz CT molecular complexity index is 319. The molecule has 0 saturated carbocycles. The largest absolute Gasteiger partial charge is 0.415 e. The molecule has 0 spiro atoms. The molecule has 0 atom stereocenters. The maximum atomic E-state index is 11.3. The first-order valence-corrected chi connectivity index (χ1v) is 3.48. The molecule has 1 aromatic rings. The van der Waals surface area contributed by atoms with Crippen molar-refractivity contribution in [2.45, 2.75) is 0 Å². The molecule has 0 aliphatic rings. The first-order valence-electron chi connectivity index (χ1n) is 3.48. The van der Waals surface area contributed by atoms with Crippen molar-refractivity contribution in [3.63, 3.8) is 0 Å². The summed E-state index contributed by atoms with van der Waals surface area (Å²) >= 11 is 0. The van der Waals surface area contributed by atoms with E-state index >= 15 is 0 Å². The Hall–Kier alpha value is -1.85. The zero-order chi connectivity index (χ0) is 9.68. The van der Waals surface area contributed by atoms with Gasteiger partial charge in [0.2, 0.25) is 11.6 Å². The van der Waals surface area contributed by atoms with E-state index in [2.05, 4.69) is 15.0 Å². The summed E-state index contributed by atoms with van der Waals surface area (Å²) in [5.74, 6) is -0.225. The Balaban J connectivity index is 2.82. The zero-order valence-electron chi connectivity index (χ0n) is 7.30. The van der Waals surface area contributed by atoms with E-state index in [4.69, 9.17) is 4.84 Å². The molecule has 13 heavy (non-hydrogen) atoms. The molecule has 0 fully saturated rings. The molecular weight excluding hydrogens is 174 g/mol. The van der Waals surface area contributed by atoms with Gasteiger partial charge in [-0.2, -0.15) is 4.73 Å². The molecule has 0 aliphatic carbocycles. The normalized spacial score (nSPS) is 10.3. The molecule has 6 nitrogen and oxygen atoms in total. The third-order valence-electron chi connectivity index (χ3n) is 1.30. The van der Waals surface area contributed by atoms with Crippen molar-refractivity contribution < 1.29 is 14.5 Å². The van der Waals surface area contributed by atoms with Gasteiger partial charge in [-0.1, -0.05) is 5.16 Å². The van der Waals surface area contributed by atoms with Crippen molar-refractivity contribution in [1.82, 2.24) is 9.71 Å². The number of aromatic nitrogens is 2. The number of hydrogen-bond acceptors (Lipinski definition) is 5. The van der Waals surface area contributed by atoms with Crippen LogP contribution in [0.1, 0.15) is 10.6 Å². The first kappa shape index (κ1) is 9.24. The van der Waals surface area contributed by atoms with Crippen molar-refractivity contribution in [3.05, 3.63) is 18.2 Å². The highest BCUT2D eigenvalue weighted by molar-refractivity contribution is 6.34. The average Bonchev–Trinajstić information content (AvgIpc) is 2.61.